The minimum absolute atomic E-state index is 0. The summed E-state index contributed by atoms with van der Waals surface area (Å²) in [7, 11) is 1.57. The fraction of sp³-hybridized carbons (Fsp3) is 0.400. The van der Waals surface area contributed by atoms with Crippen LogP contribution >= 0.6 is 27.5 Å². The van der Waals surface area contributed by atoms with Gasteiger partial charge in [-0.25, -0.2) is 6.08 Å². The van der Waals surface area contributed by atoms with Gasteiger partial charge in [0.05, 0.1) is 0 Å². The van der Waals surface area contributed by atoms with Gasteiger partial charge in [0, 0.05) is 46.4 Å². The Bertz CT molecular complexity index is 568. The molecule has 1 atom stereocenters. The Kier molecular flexibility index (Phi) is 8.58. The van der Waals surface area contributed by atoms with Crippen molar-refractivity contribution in [2.75, 3.05) is 20.4 Å². The molecule has 1 aromatic rings. The summed E-state index contributed by atoms with van der Waals surface area (Å²) in [6.07, 6.45) is 3.63. The fourth-order valence-electron chi connectivity index (χ4n) is 2.11. The quantitative estimate of drug-likeness (QED) is 0.382. The molecule has 0 aromatic heterocycles. The van der Waals surface area contributed by atoms with Crippen LogP contribution in [0.4, 0.5) is 0 Å². The van der Waals surface area contributed by atoms with Gasteiger partial charge in [0.25, 0.3) is 0 Å². The molecule has 1 aliphatic heterocycles. The van der Waals surface area contributed by atoms with Crippen LogP contribution in [0.15, 0.2) is 22.7 Å². The summed E-state index contributed by atoms with van der Waals surface area (Å²) in [5, 5.41) is -0.531. The SMILES string of the molecule is CCN1C(=O)C(Cl)C[C-]=C1c1ccc(OCOC)cc1Br.[Y]. The Morgan fingerprint density at radius 3 is 2.82 bits per heavy atom. The zero-order valence-electron chi connectivity index (χ0n) is 12.4. The van der Waals surface area contributed by atoms with Gasteiger partial charge in [0.1, 0.15) is 11.1 Å². The van der Waals surface area contributed by atoms with Crippen LogP contribution in [0.1, 0.15) is 18.9 Å². The first-order valence-corrected chi connectivity index (χ1v) is 7.79. The maximum atomic E-state index is 12.1. The predicted octanol–water partition coefficient (Wildman–Crippen LogP) is 3.43. The van der Waals surface area contributed by atoms with Gasteiger partial charge < -0.3 is 14.4 Å². The van der Waals surface area contributed by atoms with Gasteiger partial charge in [-0.15, -0.1) is 28.9 Å². The van der Waals surface area contributed by atoms with Crippen molar-refractivity contribution in [3.05, 3.63) is 34.3 Å². The number of ether oxygens (including phenoxy) is 2. The summed E-state index contributed by atoms with van der Waals surface area (Å²) in [5.41, 5.74) is 1.64. The number of carbonyl (C=O) groups excluding carboxylic acids is 1. The summed E-state index contributed by atoms with van der Waals surface area (Å²) in [6.45, 7) is 2.66. The number of amides is 1. The molecule has 0 bridgehead atoms. The molecule has 1 unspecified atom stereocenters. The van der Waals surface area contributed by atoms with Crippen LogP contribution in [0, 0.1) is 6.08 Å². The molecular weight excluding hydrogens is 446 g/mol. The molecule has 0 aliphatic carbocycles. The molecule has 1 heterocycles. The van der Waals surface area contributed by atoms with Crippen LogP contribution in [0.25, 0.3) is 5.70 Å². The van der Waals surface area contributed by atoms with E-state index in [1.165, 1.54) is 0 Å². The van der Waals surface area contributed by atoms with Gasteiger partial charge in [0.15, 0.2) is 6.79 Å². The fourth-order valence-corrected chi connectivity index (χ4v) is 2.85. The Morgan fingerprint density at radius 2 is 2.23 bits per heavy atom. The van der Waals surface area contributed by atoms with Crippen molar-refractivity contribution in [3.63, 3.8) is 0 Å². The van der Waals surface area contributed by atoms with Crippen molar-refractivity contribution in [1.82, 2.24) is 4.90 Å². The van der Waals surface area contributed by atoms with Crippen LogP contribution in [-0.4, -0.2) is 36.6 Å². The van der Waals surface area contributed by atoms with E-state index in [-0.39, 0.29) is 45.4 Å². The molecular formula is C15H16BrClNO3Y-. The van der Waals surface area contributed by atoms with E-state index in [0.29, 0.717) is 18.7 Å². The third-order valence-corrected chi connectivity index (χ3v) is 4.11. The van der Waals surface area contributed by atoms with E-state index in [1.807, 2.05) is 25.1 Å². The number of halogens is 2. The number of benzene rings is 1. The normalized spacial score (nSPS) is 17.8. The van der Waals surface area contributed by atoms with E-state index in [9.17, 15) is 4.79 Å². The van der Waals surface area contributed by atoms with Crippen molar-refractivity contribution >= 4 is 39.1 Å². The predicted molar refractivity (Wildman–Crippen MR) is 84.9 cm³/mol. The Labute approximate surface area is 169 Å². The smallest absolute Gasteiger partial charge is 0.241 e. The Hall–Kier alpha value is 0.0639. The third-order valence-electron chi connectivity index (χ3n) is 3.11. The molecule has 4 nitrogen and oxygen atoms in total. The first-order chi connectivity index (χ1) is 10.1. The molecule has 0 saturated heterocycles. The summed E-state index contributed by atoms with van der Waals surface area (Å²) in [5.74, 6) is 0.605. The second-order valence-electron chi connectivity index (χ2n) is 4.47. The number of hydrogen-bond donors (Lipinski definition) is 0. The molecule has 1 aromatic carbocycles. The number of rotatable bonds is 5. The monoisotopic (exact) mass is 461 g/mol. The minimum Gasteiger partial charge on any atom is -0.468 e. The average molecular weight is 463 g/mol. The van der Waals surface area contributed by atoms with E-state index in [1.54, 1.807) is 12.0 Å². The summed E-state index contributed by atoms with van der Waals surface area (Å²) in [6, 6.07) is 5.56. The van der Waals surface area contributed by atoms with Gasteiger partial charge in [-0.3, -0.25) is 4.79 Å². The van der Waals surface area contributed by atoms with Gasteiger partial charge in [-0.05, 0) is 19.1 Å². The minimum atomic E-state index is -0.531. The largest absolute Gasteiger partial charge is 0.468 e. The second-order valence-corrected chi connectivity index (χ2v) is 5.85. The summed E-state index contributed by atoms with van der Waals surface area (Å²) < 4.78 is 11.1. The van der Waals surface area contributed by atoms with E-state index < -0.39 is 5.38 Å². The summed E-state index contributed by atoms with van der Waals surface area (Å²) in [4.78, 5) is 13.8. The second kappa shape index (κ2) is 9.38. The van der Waals surface area contributed by atoms with Crippen molar-refractivity contribution in [2.45, 2.75) is 18.7 Å². The van der Waals surface area contributed by atoms with E-state index in [2.05, 4.69) is 22.0 Å². The van der Waals surface area contributed by atoms with Crippen LogP contribution in [0.3, 0.4) is 0 Å². The Morgan fingerprint density at radius 1 is 1.50 bits per heavy atom. The topological polar surface area (TPSA) is 38.8 Å². The van der Waals surface area contributed by atoms with Crippen molar-refractivity contribution < 1.29 is 47.0 Å². The molecule has 0 saturated carbocycles. The molecule has 22 heavy (non-hydrogen) atoms. The third kappa shape index (κ3) is 4.54. The van der Waals surface area contributed by atoms with Crippen LogP contribution in [0.2, 0.25) is 0 Å². The van der Waals surface area contributed by atoms with Crippen LogP contribution in [-0.2, 0) is 42.2 Å². The zero-order valence-corrected chi connectivity index (χ0v) is 17.6. The molecule has 2 rings (SSSR count). The molecule has 1 radical (unpaired) electrons. The average Bonchev–Trinajstić information content (AvgIpc) is 2.48. The van der Waals surface area contributed by atoms with Crippen molar-refractivity contribution in [1.29, 1.82) is 0 Å². The molecule has 1 amide bonds. The zero-order chi connectivity index (χ0) is 15.4. The van der Waals surface area contributed by atoms with Gasteiger partial charge in [0.2, 0.25) is 5.91 Å². The molecule has 1 aliphatic rings. The van der Waals surface area contributed by atoms with Gasteiger partial charge in [-0.2, -0.15) is 0 Å². The molecule has 0 N–H and O–H groups in total. The standard InChI is InChI=1S/C15H16BrClNO3.Y/c1-3-18-14(7-6-13(17)15(18)19)11-5-4-10(8-12(11)16)21-9-20-2;/h4-5,8,13H,3,6,9H2,1-2H3;/q-1;. The van der Waals surface area contributed by atoms with E-state index in [0.717, 1.165) is 15.7 Å². The molecule has 0 spiro atoms. The van der Waals surface area contributed by atoms with E-state index >= 15 is 0 Å². The van der Waals surface area contributed by atoms with Gasteiger partial charge >= 0.3 is 0 Å². The maximum Gasteiger partial charge on any atom is 0.241 e. The first-order valence-electron chi connectivity index (χ1n) is 6.56. The maximum absolute atomic E-state index is 12.1. The molecule has 0 fully saturated rings. The summed E-state index contributed by atoms with van der Waals surface area (Å²) >= 11 is 9.52. The number of alkyl halides is 1. The Balaban J connectivity index is 0.00000242. The van der Waals surface area contributed by atoms with Gasteiger partial charge in [-0.1, -0.05) is 26.8 Å². The first kappa shape index (κ1) is 20.1. The number of carbonyl (C=O) groups is 1. The number of allylic oxidation sites excluding steroid dienone is 1. The van der Waals surface area contributed by atoms with Crippen molar-refractivity contribution in [2.24, 2.45) is 0 Å². The number of hydrogen-bond acceptors (Lipinski definition) is 3. The van der Waals surface area contributed by atoms with Crippen LogP contribution in [0.5, 0.6) is 5.75 Å². The van der Waals surface area contributed by atoms with Crippen LogP contribution < -0.4 is 4.74 Å². The van der Waals surface area contributed by atoms with E-state index in [4.69, 9.17) is 21.1 Å². The number of methoxy groups -OCH3 is 1. The molecule has 117 valence electrons. The number of nitrogens with zero attached hydrogens (tertiary/aromatic N) is 1. The molecule has 7 heteroatoms. The van der Waals surface area contributed by atoms with Crippen molar-refractivity contribution in [3.8, 4) is 5.75 Å².